The van der Waals surface area contributed by atoms with Gasteiger partial charge < -0.3 is 14.8 Å². The summed E-state index contributed by atoms with van der Waals surface area (Å²) in [5.41, 5.74) is 3.47. The van der Waals surface area contributed by atoms with Gasteiger partial charge in [-0.2, -0.15) is 0 Å². The first-order valence-corrected chi connectivity index (χ1v) is 7.73. The molecule has 0 bridgehead atoms. The molecule has 0 unspecified atom stereocenters. The third-order valence-corrected chi connectivity index (χ3v) is 3.89. The SMILES string of the molecule is CCOc1cc(NCc2ccc(C)cc2Br)ccc1OC. The lowest BCUT2D eigenvalue weighted by Gasteiger charge is -2.13. The molecule has 0 radical (unpaired) electrons. The molecule has 0 aliphatic rings. The van der Waals surface area contributed by atoms with Crippen molar-refractivity contribution in [2.24, 2.45) is 0 Å². The number of halogens is 1. The van der Waals surface area contributed by atoms with E-state index in [1.54, 1.807) is 7.11 Å². The van der Waals surface area contributed by atoms with Crippen molar-refractivity contribution in [3.05, 3.63) is 52.0 Å². The third kappa shape index (κ3) is 4.14. The number of ether oxygens (including phenoxy) is 2. The van der Waals surface area contributed by atoms with Gasteiger partial charge in [-0.1, -0.05) is 28.1 Å². The summed E-state index contributed by atoms with van der Waals surface area (Å²) in [6.45, 7) is 5.41. The molecule has 0 fully saturated rings. The Morgan fingerprint density at radius 2 is 1.90 bits per heavy atom. The predicted octanol–water partition coefficient (Wildman–Crippen LogP) is 4.78. The van der Waals surface area contributed by atoms with Crippen LogP contribution in [0.15, 0.2) is 40.9 Å². The van der Waals surface area contributed by atoms with Crippen LogP contribution in [0.4, 0.5) is 5.69 Å². The Bertz CT molecular complexity index is 614. The summed E-state index contributed by atoms with van der Waals surface area (Å²) in [5.74, 6) is 1.51. The number of rotatable bonds is 6. The van der Waals surface area contributed by atoms with E-state index in [0.717, 1.165) is 28.2 Å². The maximum absolute atomic E-state index is 5.59. The second-order valence-electron chi connectivity index (χ2n) is 4.75. The minimum absolute atomic E-state index is 0.614. The highest BCUT2D eigenvalue weighted by Crippen LogP contribution is 2.30. The van der Waals surface area contributed by atoms with Crippen molar-refractivity contribution in [1.82, 2.24) is 0 Å². The molecule has 1 N–H and O–H groups in total. The van der Waals surface area contributed by atoms with E-state index in [4.69, 9.17) is 9.47 Å². The molecule has 0 heterocycles. The van der Waals surface area contributed by atoms with Gasteiger partial charge in [0.25, 0.3) is 0 Å². The lowest BCUT2D eigenvalue weighted by atomic mass is 10.1. The molecule has 0 saturated carbocycles. The van der Waals surface area contributed by atoms with E-state index >= 15 is 0 Å². The maximum Gasteiger partial charge on any atom is 0.163 e. The Hall–Kier alpha value is -1.68. The lowest BCUT2D eigenvalue weighted by molar-refractivity contribution is 0.311. The van der Waals surface area contributed by atoms with Gasteiger partial charge in [0.1, 0.15) is 0 Å². The molecule has 0 aromatic heterocycles. The topological polar surface area (TPSA) is 30.5 Å². The van der Waals surface area contributed by atoms with E-state index < -0.39 is 0 Å². The average Bonchev–Trinajstić information content (AvgIpc) is 2.47. The zero-order chi connectivity index (χ0) is 15.2. The molecule has 0 aliphatic carbocycles. The highest BCUT2D eigenvalue weighted by molar-refractivity contribution is 9.10. The van der Waals surface area contributed by atoms with Crippen molar-refractivity contribution < 1.29 is 9.47 Å². The lowest BCUT2D eigenvalue weighted by Crippen LogP contribution is -2.02. The van der Waals surface area contributed by atoms with Crippen LogP contribution in [-0.4, -0.2) is 13.7 Å². The van der Waals surface area contributed by atoms with E-state index in [2.05, 4.69) is 46.4 Å². The average molecular weight is 350 g/mol. The molecule has 112 valence electrons. The number of anilines is 1. The molecule has 0 amide bonds. The molecule has 3 nitrogen and oxygen atoms in total. The molecule has 2 rings (SSSR count). The minimum atomic E-state index is 0.614. The Kier molecular flexibility index (Phi) is 5.51. The zero-order valence-electron chi connectivity index (χ0n) is 12.6. The van der Waals surface area contributed by atoms with Gasteiger partial charge in [-0.15, -0.1) is 0 Å². The summed E-state index contributed by atoms with van der Waals surface area (Å²) < 4.78 is 12.0. The van der Waals surface area contributed by atoms with E-state index in [1.165, 1.54) is 11.1 Å². The van der Waals surface area contributed by atoms with Gasteiger partial charge in [-0.25, -0.2) is 0 Å². The normalized spacial score (nSPS) is 10.3. The molecular weight excluding hydrogens is 330 g/mol. The minimum Gasteiger partial charge on any atom is -0.493 e. The van der Waals surface area contributed by atoms with Crippen LogP contribution in [0, 0.1) is 6.92 Å². The van der Waals surface area contributed by atoms with Crippen molar-refractivity contribution >= 4 is 21.6 Å². The molecule has 0 aliphatic heterocycles. The molecule has 0 spiro atoms. The highest BCUT2D eigenvalue weighted by atomic mass is 79.9. The first-order chi connectivity index (χ1) is 10.1. The highest BCUT2D eigenvalue weighted by Gasteiger charge is 2.06. The van der Waals surface area contributed by atoms with Crippen molar-refractivity contribution in [2.75, 3.05) is 19.0 Å². The zero-order valence-corrected chi connectivity index (χ0v) is 14.2. The maximum atomic E-state index is 5.59. The van der Waals surface area contributed by atoms with E-state index in [9.17, 15) is 0 Å². The van der Waals surface area contributed by atoms with E-state index in [0.29, 0.717) is 6.61 Å². The monoisotopic (exact) mass is 349 g/mol. The van der Waals surface area contributed by atoms with Crippen molar-refractivity contribution in [3.63, 3.8) is 0 Å². The third-order valence-electron chi connectivity index (χ3n) is 3.15. The molecule has 2 aromatic rings. The fourth-order valence-corrected chi connectivity index (χ4v) is 2.68. The summed E-state index contributed by atoms with van der Waals surface area (Å²) in [6.07, 6.45) is 0. The van der Waals surface area contributed by atoms with Gasteiger partial charge in [0.05, 0.1) is 13.7 Å². The second-order valence-corrected chi connectivity index (χ2v) is 5.60. The molecular formula is C17H20BrNO2. The summed E-state index contributed by atoms with van der Waals surface area (Å²) in [6, 6.07) is 12.2. The molecule has 21 heavy (non-hydrogen) atoms. The molecule has 4 heteroatoms. The van der Waals surface area contributed by atoms with Crippen LogP contribution >= 0.6 is 15.9 Å². The fraction of sp³-hybridized carbons (Fsp3) is 0.294. The fourth-order valence-electron chi connectivity index (χ4n) is 2.05. The number of nitrogens with one attached hydrogen (secondary N) is 1. The standard InChI is InChI=1S/C17H20BrNO2/c1-4-21-17-10-14(7-8-16(17)20-3)19-11-13-6-5-12(2)9-15(13)18/h5-10,19H,4,11H2,1-3H3. The Morgan fingerprint density at radius 1 is 1.10 bits per heavy atom. The van der Waals surface area contributed by atoms with Gasteiger partial charge in [-0.05, 0) is 43.2 Å². The van der Waals surface area contributed by atoms with Crippen molar-refractivity contribution in [2.45, 2.75) is 20.4 Å². The predicted molar refractivity (Wildman–Crippen MR) is 90.4 cm³/mol. The van der Waals surface area contributed by atoms with Gasteiger partial charge in [-0.3, -0.25) is 0 Å². The first-order valence-electron chi connectivity index (χ1n) is 6.93. The number of benzene rings is 2. The van der Waals surface area contributed by atoms with Gasteiger partial charge >= 0.3 is 0 Å². The smallest absolute Gasteiger partial charge is 0.163 e. The van der Waals surface area contributed by atoms with Crippen LogP contribution in [0.1, 0.15) is 18.1 Å². The summed E-state index contributed by atoms with van der Waals surface area (Å²) in [4.78, 5) is 0. The summed E-state index contributed by atoms with van der Waals surface area (Å²) in [5, 5.41) is 3.41. The van der Waals surface area contributed by atoms with E-state index in [1.807, 2.05) is 25.1 Å². The van der Waals surface area contributed by atoms with Crippen LogP contribution in [0.5, 0.6) is 11.5 Å². The van der Waals surface area contributed by atoms with Gasteiger partial charge in [0.15, 0.2) is 11.5 Å². The summed E-state index contributed by atoms with van der Waals surface area (Å²) in [7, 11) is 1.65. The quantitative estimate of drug-likeness (QED) is 0.814. The first kappa shape index (κ1) is 15.7. The van der Waals surface area contributed by atoms with Crippen LogP contribution < -0.4 is 14.8 Å². The van der Waals surface area contributed by atoms with Crippen molar-refractivity contribution in [3.8, 4) is 11.5 Å². The van der Waals surface area contributed by atoms with Crippen LogP contribution in [0.25, 0.3) is 0 Å². The number of aryl methyl sites for hydroxylation is 1. The number of hydrogen-bond acceptors (Lipinski definition) is 3. The number of methoxy groups -OCH3 is 1. The Balaban J connectivity index is 2.10. The molecule has 0 saturated heterocycles. The molecule has 2 aromatic carbocycles. The molecule has 0 atom stereocenters. The van der Waals surface area contributed by atoms with Crippen molar-refractivity contribution in [1.29, 1.82) is 0 Å². The van der Waals surface area contributed by atoms with E-state index in [-0.39, 0.29) is 0 Å². The summed E-state index contributed by atoms with van der Waals surface area (Å²) >= 11 is 3.60. The van der Waals surface area contributed by atoms with Gasteiger partial charge in [0.2, 0.25) is 0 Å². The Labute approximate surface area is 134 Å². The van der Waals surface area contributed by atoms with Crippen LogP contribution in [0.2, 0.25) is 0 Å². The second kappa shape index (κ2) is 7.36. The van der Waals surface area contributed by atoms with Gasteiger partial charge in [0, 0.05) is 22.8 Å². The largest absolute Gasteiger partial charge is 0.493 e. The van der Waals surface area contributed by atoms with Crippen LogP contribution in [-0.2, 0) is 6.54 Å². The Morgan fingerprint density at radius 3 is 2.57 bits per heavy atom. The van der Waals surface area contributed by atoms with Crippen LogP contribution in [0.3, 0.4) is 0 Å². The number of hydrogen-bond donors (Lipinski definition) is 1.